The minimum absolute atomic E-state index is 0.00738. The molecule has 3 aliphatic rings. The van der Waals surface area contributed by atoms with E-state index in [1.807, 2.05) is 6.92 Å². The summed E-state index contributed by atoms with van der Waals surface area (Å²) < 4.78 is 28.3. The highest BCUT2D eigenvalue weighted by Gasteiger charge is 2.58. The number of nitrogens with zero attached hydrogens (tertiary/aromatic N) is 1. The first kappa shape index (κ1) is 33.1. The van der Waals surface area contributed by atoms with E-state index in [9.17, 15) is 28.4 Å². The van der Waals surface area contributed by atoms with Gasteiger partial charge >= 0.3 is 5.92 Å². The zero-order valence-electron chi connectivity index (χ0n) is 26.8. The van der Waals surface area contributed by atoms with Crippen molar-refractivity contribution in [2.75, 3.05) is 0 Å². The van der Waals surface area contributed by atoms with Crippen LogP contribution < -0.4 is 5.32 Å². The van der Waals surface area contributed by atoms with Crippen LogP contribution in [0.1, 0.15) is 114 Å². The molecule has 6 atom stereocenters. The first-order valence-corrected chi connectivity index (χ1v) is 15.2. The second-order valence-corrected chi connectivity index (χ2v) is 15.4. The molecule has 2 fully saturated rings. The number of hydrogen-bond acceptors (Lipinski definition) is 4. The minimum atomic E-state index is -3.47. The van der Waals surface area contributed by atoms with Crippen molar-refractivity contribution in [1.29, 1.82) is 5.26 Å². The Bertz CT molecular complexity index is 1200. The second-order valence-electron chi connectivity index (χ2n) is 15.4. The van der Waals surface area contributed by atoms with Gasteiger partial charge in [0.1, 0.15) is 6.07 Å². The van der Waals surface area contributed by atoms with E-state index in [-0.39, 0.29) is 40.3 Å². The van der Waals surface area contributed by atoms with Crippen molar-refractivity contribution in [1.82, 2.24) is 5.32 Å². The van der Waals surface area contributed by atoms with Crippen LogP contribution in [0, 0.1) is 50.7 Å². The van der Waals surface area contributed by atoms with Crippen LogP contribution in [-0.4, -0.2) is 28.9 Å². The Morgan fingerprint density at radius 2 is 1.73 bits per heavy atom. The van der Waals surface area contributed by atoms with E-state index in [2.05, 4.69) is 59.9 Å². The van der Waals surface area contributed by atoms with Gasteiger partial charge in [-0.1, -0.05) is 67.0 Å². The molecule has 228 valence electrons. The Balaban J connectivity index is 2.05. The van der Waals surface area contributed by atoms with Crippen LogP contribution >= 0.6 is 0 Å². The number of halogens is 2. The summed E-state index contributed by atoms with van der Waals surface area (Å²) in [7, 11) is 0. The van der Waals surface area contributed by atoms with Gasteiger partial charge in [0.15, 0.2) is 11.6 Å². The number of rotatable bonds is 7. The summed E-state index contributed by atoms with van der Waals surface area (Å²) in [6.45, 7) is 19.0. The fourth-order valence-corrected chi connectivity index (χ4v) is 8.44. The van der Waals surface area contributed by atoms with Crippen molar-refractivity contribution in [3.05, 3.63) is 23.3 Å². The Hall–Kier alpha value is -2.36. The lowest BCUT2D eigenvalue weighted by atomic mass is 9.44. The zero-order chi connectivity index (χ0) is 31.4. The minimum Gasteiger partial charge on any atom is -0.345 e. The molecule has 0 aliphatic heterocycles. The van der Waals surface area contributed by atoms with Crippen LogP contribution in [0.3, 0.4) is 0 Å². The lowest BCUT2D eigenvalue weighted by molar-refractivity contribution is -0.147. The van der Waals surface area contributed by atoms with Crippen LogP contribution in [0.4, 0.5) is 8.78 Å². The molecule has 1 amide bonds. The largest absolute Gasteiger partial charge is 0.345 e. The third kappa shape index (κ3) is 5.95. The summed E-state index contributed by atoms with van der Waals surface area (Å²) in [5.74, 6) is -5.27. The molecule has 0 aromatic carbocycles. The van der Waals surface area contributed by atoms with E-state index in [1.54, 1.807) is 12.2 Å². The number of nitriles is 1. The average molecular weight is 573 g/mol. The number of fused-ring (bicyclic) bond motifs is 1. The standard InChI is InChI=1S/C34H50F2N2O3/c1-21-18-29(4,5)13-15-34(21,38-28(41)33(10,35)36)16-14-30(6,7)32(9)12-11-25-23(3)27(40)24(20-37)19-31(25,8)26(32)17-22(2)39/h17,19,21,23,25H,11-16,18H2,1-10H3,(H,38,41)/b26-17-/t21?,23-,25-,31-,32+,34-/m0/s1. The number of amides is 1. The number of alkyl halides is 2. The molecular weight excluding hydrogens is 522 g/mol. The van der Waals surface area contributed by atoms with Crippen molar-refractivity contribution >= 4 is 17.5 Å². The molecule has 41 heavy (non-hydrogen) atoms. The first-order valence-electron chi connectivity index (χ1n) is 15.2. The first-order chi connectivity index (χ1) is 18.6. The van der Waals surface area contributed by atoms with Crippen LogP contribution in [0.15, 0.2) is 23.3 Å². The predicted octanol–water partition coefficient (Wildman–Crippen LogP) is 7.76. The molecule has 3 rings (SSSR count). The van der Waals surface area contributed by atoms with Gasteiger partial charge in [-0.2, -0.15) is 14.0 Å². The maximum absolute atomic E-state index is 14.1. The smallest absolute Gasteiger partial charge is 0.321 e. The van der Waals surface area contributed by atoms with Gasteiger partial charge in [0.25, 0.3) is 5.91 Å². The number of carbonyl (C=O) groups is 3. The topological polar surface area (TPSA) is 87.0 Å². The molecule has 0 saturated heterocycles. The molecule has 7 heteroatoms. The average Bonchev–Trinajstić information content (AvgIpc) is 2.83. The zero-order valence-corrected chi connectivity index (χ0v) is 26.8. The van der Waals surface area contributed by atoms with Crippen molar-refractivity contribution in [3.8, 4) is 6.07 Å². The van der Waals surface area contributed by atoms with Crippen molar-refractivity contribution in [2.24, 2.45) is 39.4 Å². The number of ketones is 2. The number of carbonyl (C=O) groups excluding carboxylic acids is 3. The maximum atomic E-state index is 14.1. The van der Waals surface area contributed by atoms with Gasteiger partial charge in [-0.15, -0.1) is 0 Å². The molecular formula is C34H50F2N2O3. The van der Waals surface area contributed by atoms with E-state index in [4.69, 9.17) is 0 Å². The van der Waals surface area contributed by atoms with E-state index in [0.717, 1.165) is 31.3 Å². The van der Waals surface area contributed by atoms with Gasteiger partial charge in [0, 0.05) is 23.8 Å². The normalized spacial score (nSPS) is 36.7. The summed E-state index contributed by atoms with van der Waals surface area (Å²) in [4.78, 5) is 38.2. The Kier molecular flexibility index (Phi) is 8.67. The molecule has 3 aliphatic carbocycles. The number of allylic oxidation sites excluding steroid dienone is 4. The van der Waals surface area contributed by atoms with Gasteiger partial charge < -0.3 is 5.32 Å². The summed E-state index contributed by atoms with van der Waals surface area (Å²) in [5.41, 5.74) is -1.13. The van der Waals surface area contributed by atoms with Crippen molar-refractivity contribution in [2.45, 2.75) is 126 Å². The van der Waals surface area contributed by atoms with Gasteiger partial charge in [0.2, 0.25) is 0 Å². The van der Waals surface area contributed by atoms with Crippen molar-refractivity contribution < 1.29 is 23.2 Å². The highest BCUT2D eigenvalue weighted by atomic mass is 19.3. The second kappa shape index (κ2) is 10.7. The number of Topliss-reactive ketones (excluding diaryl/α,β-unsaturated/α-hetero) is 1. The Labute approximate surface area is 245 Å². The molecule has 0 aromatic rings. The van der Waals surface area contributed by atoms with E-state index < -0.39 is 33.6 Å². The van der Waals surface area contributed by atoms with Crippen LogP contribution in [0.2, 0.25) is 0 Å². The molecule has 0 spiro atoms. The highest BCUT2D eigenvalue weighted by molar-refractivity contribution is 6.02. The lowest BCUT2D eigenvalue weighted by Crippen LogP contribution is -2.60. The van der Waals surface area contributed by atoms with E-state index in [1.165, 1.54) is 6.92 Å². The van der Waals surface area contributed by atoms with Crippen LogP contribution in [0.5, 0.6) is 0 Å². The molecule has 0 bridgehead atoms. The predicted molar refractivity (Wildman–Crippen MR) is 157 cm³/mol. The summed E-state index contributed by atoms with van der Waals surface area (Å²) in [5, 5.41) is 12.6. The number of hydrogen-bond donors (Lipinski definition) is 1. The third-order valence-corrected chi connectivity index (χ3v) is 11.6. The molecule has 0 radical (unpaired) electrons. The molecule has 0 heterocycles. The fraction of sp³-hybridized carbons (Fsp3) is 0.765. The number of nitrogens with one attached hydrogen (secondary N) is 1. The fourth-order valence-electron chi connectivity index (χ4n) is 8.44. The molecule has 5 nitrogen and oxygen atoms in total. The lowest BCUT2D eigenvalue weighted by Gasteiger charge is -2.60. The monoisotopic (exact) mass is 572 g/mol. The third-order valence-electron chi connectivity index (χ3n) is 11.6. The molecule has 0 aromatic heterocycles. The van der Waals surface area contributed by atoms with Crippen LogP contribution in [-0.2, 0) is 14.4 Å². The molecule has 2 saturated carbocycles. The SMILES string of the molecule is CC(=O)/C=C1/[C@@]2(C)C=C(C#N)C(=O)[C@@H](C)[C@@H]2CC[C@@]1(C)C(C)(C)CC[C@@]1(NC(=O)C(C)(F)F)CCC(C)(C)CC1C. The Morgan fingerprint density at radius 3 is 2.24 bits per heavy atom. The highest BCUT2D eigenvalue weighted by Crippen LogP contribution is 2.65. The van der Waals surface area contributed by atoms with Crippen LogP contribution in [0.25, 0.3) is 0 Å². The molecule has 1 unspecified atom stereocenters. The van der Waals surface area contributed by atoms with E-state index >= 15 is 0 Å². The summed E-state index contributed by atoms with van der Waals surface area (Å²) >= 11 is 0. The van der Waals surface area contributed by atoms with Crippen molar-refractivity contribution in [3.63, 3.8) is 0 Å². The van der Waals surface area contributed by atoms with Gasteiger partial charge in [-0.25, -0.2) is 0 Å². The summed E-state index contributed by atoms with van der Waals surface area (Å²) in [6.07, 6.45) is 8.47. The van der Waals surface area contributed by atoms with Gasteiger partial charge in [-0.05, 0) is 86.0 Å². The van der Waals surface area contributed by atoms with Gasteiger partial charge in [-0.3, -0.25) is 14.4 Å². The quantitative estimate of drug-likeness (QED) is 0.316. The maximum Gasteiger partial charge on any atom is 0.321 e. The summed E-state index contributed by atoms with van der Waals surface area (Å²) in [6, 6.07) is 2.10. The Morgan fingerprint density at radius 1 is 1.12 bits per heavy atom. The molecule has 1 N–H and O–H groups in total. The van der Waals surface area contributed by atoms with E-state index in [0.29, 0.717) is 26.2 Å². The van der Waals surface area contributed by atoms with Gasteiger partial charge in [0.05, 0.1) is 5.57 Å².